The molecule has 1 fully saturated rings. The lowest BCUT2D eigenvalue weighted by Crippen LogP contribution is -2.38. The number of nitrogens with zero attached hydrogens (tertiary/aromatic N) is 4. The third kappa shape index (κ3) is 4.97. The second kappa shape index (κ2) is 10.2. The molecule has 1 aliphatic heterocycles. The first kappa shape index (κ1) is 23.6. The zero-order valence-electron chi connectivity index (χ0n) is 21.1. The van der Waals surface area contributed by atoms with Crippen molar-refractivity contribution in [2.75, 3.05) is 40.0 Å². The average molecular weight is 475 g/mol. The minimum Gasteiger partial charge on any atom is -0.496 e. The van der Waals surface area contributed by atoms with Crippen LogP contribution in [0, 0.1) is 20.8 Å². The predicted molar refractivity (Wildman–Crippen MR) is 137 cm³/mol. The number of methoxy groups -OCH3 is 1. The normalized spacial score (nSPS) is 14.6. The fourth-order valence-corrected chi connectivity index (χ4v) is 5.09. The Morgan fingerprint density at radius 1 is 0.971 bits per heavy atom. The molecule has 3 heterocycles. The molecule has 4 aromatic rings. The lowest BCUT2D eigenvalue weighted by molar-refractivity contribution is 0.0364. The number of hydrogen-bond donors (Lipinski definition) is 0. The molecular formula is C28H34N4O3. The van der Waals surface area contributed by atoms with Crippen molar-refractivity contribution in [2.24, 2.45) is 0 Å². The minimum atomic E-state index is 0.815. The molecular weight excluding hydrogens is 440 g/mol. The van der Waals surface area contributed by atoms with Crippen LogP contribution in [-0.2, 0) is 24.1 Å². The van der Waals surface area contributed by atoms with Crippen LogP contribution in [0.4, 0.5) is 0 Å². The number of imidazole rings is 1. The molecule has 0 bridgehead atoms. The Morgan fingerprint density at radius 3 is 2.51 bits per heavy atom. The highest BCUT2D eigenvalue weighted by atomic mass is 16.5. The summed E-state index contributed by atoms with van der Waals surface area (Å²) >= 11 is 0. The SMILES string of the molecule is COc1ccc(CCc2nc3cc(-c4c(C)noc4C)ccc3n2CCN2CCOCC2)cc1C. The molecule has 7 heteroatoms. The summed E-state index contributed by atoms with van der Waals surface area (Å²) in [6.45, 7) is 11.6. The standard InChI is InChI=1S/C28H34N4O3/c1-19-17-22(5-9-26(19)33-4)6-10-27-29-24-18-23(28-20(2)30-35-21(28)3)7-8-25(24)32(27)12-11-31-13-15-34-16-14-31/h5,7-9,17-18H,6,10-16H2,1-4H3. The van der Waals surface area contributed by atoms with Gasteiger partial charge in [-0.1, -0.05) is 23.4 Å². The van der Waals surface area contributed by atoms with Gasteiger partial charge in [0.15, 0.2) is 0 Å². The van der Waals surface area contributed by atoms with E-state index in [-0.39, 0.29) is 0 Å². The van der Waals surface area contributed by atoms with Gasteiger partial charge in [0.1, 0.15) is 17.3 Å². The molecule has 0 radical (unpaired) electrons. The van der Waals surface area contributed by atoms with Crippen LogP contribution in [-0.4, -0.2) is 59.6 Å². The molecule has 7 nitrogen and oxygen atoms in total. The van der Waals surface area contributed by atoms with Crippen LogP contribution in [0.2, 0.25) is 0 Å². The lowest BCUT2D eigenvalue weighted by atomic mass is 10.0. The van der Waals surface area contributed by atoms with Gasteiger partial charge in [0, 0.05) is 38.2 Å². The number of ether oxygens (including phenoxy) is 2. The van der Waals surface area contributed by atoms with Gasteiger partial charge in [-0.05, 0) is 62.1 Å². The molecule has 0 saturated carbocycles. The molecule has 0 unspecified atom stereocenters. The molecule has 0 N–H and O–H groups in total. The van der Waals surface area contributed by atoms with Crippen molar-refractivity contribution in [3.05, 3.63) is 64.8 Å². The van der Waals surface area contributed by atoms with E-state index in [1.807, 2.05) is 13.8 Å². The smallest absolute Gasteiger partial charge is 0.141 e. The number of aromatic nitrogens is 3. The first-order valence-corrected chi connectivity index (χ1v) is 12.4. The van der Waals surface area contributed by atoms with E-state index in [2.05, 4.69) is 57.9 Å². The van der Waals surface area contributed by atoms with Crippen LogP contribution >= 0.6 is 0 Å². The molecule has 0 amide bonds. The summed E-state index contributed by atoms with van der Waals surface area (Å²) in [4.78, 5) is 7.60. The van der Waals surface area contributed by atoms with Gasteiger partial charge >= 0.3 is 0 Å². The Morgan fingerprint density at radius 2 is 1.80 bits per heavy atom. The fourth-order valence-electron chi connectivity index (χ4n) is 5.09. The first-order chi connectivity index (χ1) is 17.0. The monoisotopic (exact) mass is 474 g/mol. The molecule has 0 aliphatic carbocycles. The van der Waals surface area contributed by atoms with Crippen molar-refractivity contribution in [1.29, 1.82) is 0 Å². The van der Waals surface area contributed by atoms with Gasteiger partial charge in [0.05, 0.1) is 37.1 Å². The third-order valence-corrected chi connectivity index (χ3v) is 6.99. The molecule has 35 heavy (non-hydrogen) atoms. The van der Waals surface area contributed by atoms with Crippen molar-refractivity contribution >= 4 is 11.0 Å². The minimum absolute atomic E-state index is 0.815. The topological polar surface area (TPSA) is 65.6 Å². The van der Waals surface area contributed by atoms with Crippen LogP contribution in [0.25, 0.3) is 22.2 Å². The summed E-state index contributed by atoms with van der Waals surface area (Å²) in [5.74, 6) is 2.89. The quantitative estimate of drug-likeness (QED) is 0.367. The van der Waals surface area contributed by atoms with Crippen molar-refractivity contribution in [3.63, 3.8) is 0 Å². The Bertz CT molecular complexity index is 1300. The van der Waals surface area contributed by atoms with E-state index < -0.39 is 0 Å². The summed E-state index contributed by atoms with van der Waals surface area (Å²) in [5, 5.41) is 4.13. The van der Waals surface area contributed by atoms with Gasteiger partial charge in [-0.15, -0.1) is 0 Å². The highest BCUT2D eigenvalue weighted by molar-refractivity contribution is 5.83. The molecule has 1 saturated heterocycles. The second-order valence-electron chi connectivity index (χ2n) is 9.34. The number of fused-ring (bicyclic) bond motifs is 1. The zero-order chi connectivity index (χ0) is 24.4. The van der Waals surface area contributed by atoms with Gasteiger partial charge in [-0.2, -0.15) is 0 Å². The number of morpholine rings is 1. The van der Waals surface area contributed by atoms with Gasteiger partial charge in [0.25, 0.3) is 0 Å². The van der Waals surface area contributed by atoms with Gasteiger partial charge in [0.2, 0.25) is 0 Å². The third-order valence-electron chi connectivity index (χ3n) is 6.99. The summed E-state index contributed by atoms with van der Waals surface area (Å²) in [7, 11) is 1.72. The highest BCUT2D eigenvalue weighted by Crippen LogP contribution is 2.30. The summed E-state index contributed by atoms with van der Waals surface area (Å²) in [6, 6.07) is 13.0. The molecule has 2 aromatic heterocycles. The van der Waals surface area contributed by atoms with E-state index in [9.17, 15) is 0 Å². The molecule has 5 rings (SSSR count). The maximum Gasteiger partial charge on any atom is 0.141 e. The zero-order valence-corrected chi connectivity index (χ0v) is 21.1. The van der Waals surface area contributed by atoms with Crippen molar-refractivity contribution in [2.45, 2.75) is 40.2 Å². The Kier molecular flexibility index (Phi) is 6.88. The van der Waals surface area contributed by atoms with Crippen LogP contribution in [0.3, 0.4) is 0 Å². The van der Waals surface area contributed by atoms with Crippen LogP contribution < -0.4 is 4.74 Å². The molecule has 2 aromatic carbocycles. The summed E-state index contributed by atoms with van der Waals surface area (Å²) < 4.78 is 18.8. The number of benzene rings is 2. The van der Waals surface area contributed by atoms with Gasteiger partial charge in [-0.3, -0.25) is 4.90 Å². The molecule has 0 atom stereocenters. The van der Waals surface area contributed by atoms with Crippen molar-refractivity contribution in [3.8, 4) is 16.9 Å². The fraction of sp³-hybridized carbons (Fsp3) is 0.429. The van der Waals surface area contributed by atoms with Crippen LogP contribution in [0.15, 0.2) is 40.9 Å². The van der Waals surface area contributed by atoms with Crippen molar-refractivity contribution in [1.82, 2.24) is 19.6 Å². The maximum atomic E-state index is 5.53. The number of hydrogen-bond acceptors (Lipinski definition) is 6. The molecule has 1 aliphatic rings. The highest BCUT2D eigenvalue weighted by Gasteiger charge is 2.17. The van der Waals surface area contributed by atoms with Crippen molar-refractivity contribution < 1.29 is 14.0 Å². The van der Waals surface area contributed by atoms with E-state index >= 15 is 0 Å². The first-order valence-electron chi connectivity index (χ1n) is 12.4. The summed E-state index contributed by atoms with van der Waals surface area (Å²) in [6.07, 6.45) is 1.81. The van der Waals surface area contributed by atoms with E-state index in [1.54, 1.807) is 7.11 Å². The Balaban J connectivity index is 1.45. The Labute approximate surface area is 206 Å². The van der Waals surface area contributed by atoms with E-state index in [4.69, 9.17) is 19.0 Å². The second-order valence-corrected chi connectivity index (χ2v) is 9.34. The van der Waals surface area contributed by atoms with E-state index in [0.29, 0.717) is 0 Å². The predicted octanol–water partition coefficient (Wildman–Crippen LogP) is 4.74. The number of aryl methyl sites for hydroxylation is 5. The summed E-state index contributed by atoms with van der Waals surface area (Å²) in [5.41, 5.74) is 7.72. The molecule has 0 spiro atoms. The van der Waals surface area contributed by atoms with E-state index in [0.717, 1.165) is 97.5 Å². The Hall–Kier alpha value is -3.16. The largest absolute Gasteiger partial charge is 0.496 e. The number of rotatable bonds is 8. The average Bonchev–Trinajstić information content (AvgIpc) is 3.39. The maximum absolute atomic E-state index is 5.53. The lowest BCUT2D eigenvalue weighted by Gasteiger charge is -2.27. The molecule has 184 valence electrons. The van der Waals surface area contributed by atoms with Crippen LogP contribution in [0.1, 0.15) is 28.4 Å². The van der Waals surface area contributed by atoms with Gasteiger partial charge < -0.3 is 18.6 Å². The van der Waals surface area contributed by atoms with Crippen LogP contribution in [0.5, 0.6) is 5.75 Å². The van der Waals surface area contributed by atoms with E-state index in [1.165, 1.54) is 11.1 Å². The van der Waals surface area contributed by atoms with Gasteiger partial charge in [-0.25, -0.2) is 4.98 Å².